The molecule has 1 heterocycles. The van der Waals surface area contributed by atoms with Gasteiger partial charge >= 0.3 is 0 Å². The van der Waals surface area contributed by atoms with Crippen molar-refractivity contribution in [1.82, 2.24) is 10.3 Å². The highest BCUT2D eigenvalue weighted by atomic mass is 32.1. The van der Waals surface area contributed by atoms with Crippen molar-refractivity contribution in [2.75, 3.05) is 0 Å². The van der Waals surface area contributed by atoms with Gasteiger partial charge in [-0.05, 0) is 56.4 Å². The number of hydrogen-bond donors (Lipinski definition) is 2. The first-order chi connectivity index (χ1) is 12.5. The van der Waals surface area contributed by atoms with E-state index in [-0.39, 0.29) is 17.8 Å². The predicted octanol–water partition coefficient (Wildman–Crippen LogP) is 4.10. The van der Waals surface area contributed by atoms with Crippen molar-refractivity contribution >= 4 is 17.2 Å². The molecule has 2 aromatic rings. The van der Waals surface area contributed by atoms with Crippen LogP contribution in [-0.4, -0.2) is 16.4 Å². The number of nitrogens with zero attached hydrogens (tertiary/aromatic N) is 1. The molecule has 1 amide bonds. The Kier molecular flexibility index (Phi) is 4.80. The molecule has 0 bridgehead atoms. The number of aryl methyl sites for hydroxylation is 1. The molecular formula is C20H24FN3OS. The SMILES string of the molecule is NC1(C(=O)NC2CCCc3nc(-c4ccc(F)cc4)sc32)CCCCC1. The summed E-state index contributed by atoms with van der Waals surface area (Å²) in [6.45, 7) is 0. The highest BCUT2D eigenvalue weighted by Gasteiger charge is 2.37. The third-order valence-electron chi connectivity index (χ3n) is 5.54. The number of thiazole rings is 1. The first-order valence-electron chi connectivity index (χ1n) is 9.40. The molecule has 1 saturated carbocycles. The molecule has 26 heavy (non-hydrogen) atoms. The molecule has 4 rings (SSSR count). The Morgan fingerprint density at radius 1 is 1.19 bits per heavy atom. The molecule has 1 atom stereocenters. The first kappa shape index (κ1) is 17.6. The number of rotatable bonds is 3. The van der Waals surface area contributed by atoms with Crippen LogP contribution < -0.4 is 11.1 Å². The van der Waals surface area contributed by atoms with Crippen LogP contribution in [0.2, 0.25) is 0 Å². The zero-order valence-corrected chi connectivity index (χ0v) is 15.6. The van der Waals surface area contributed by atoms with Crippen molar-refractivity contribution in [2.45, 2.75) is 62.9 Å². The zero-order valence-electron chi connectivity index (χ0n) is 14.8. The number of benzene rings is 1. The number of nitrogens with two attached hydrogens (primary N) is 1. The van der Waals surface area contributed by atoms with Crippen molar-refractivity contribution < 1.29 is 9.18 Å². The summed E-state index contributed by atoms with van der Waals surface area (Å²) in [4.78, 5) is 18.7. The van der Waals surface area contributed by atoms with Crippen LogP contribution in [0, 0.1) is 5.82 Å². The van der Waals surface area contributed by atoms with Gasteiger partial charge < -0.3 is 11.1 Å². The van der Waals surface area contributed by atoms with E-state index in [0.717, 1.165) is 72.5 Å². The summed E-state index contributed by atoms with van der Waals surface area (Å²) in [5, 5.41) is 4.09. The minimum Gasteiger partial charge on any atom is -0.347 e. The van der Waals surface area contributed by atoms with E-state index >= 15 is 0 Å². The fourth-order valence-corrected chi connectivity index (χ4v) is 5.19. The smallest absolute Gasteiger partial charge is 0.240 e. The molecule has 2 aliphatic rings. The molecule has 2 aliphatic carbocycles. The number of amides is 1. The zero-order chi connectivity index (χ0) is 18.1. The van der Waals surface area contributed by atoms with Crippen molar-refractivity contribution in [3.05, 3.63) is 40.7 Å². The maximum atomic E-state index is 13.2. The molecule has 3 N–H and O–H groups in total. The Morgan fingerprint density at radius 3 is 2.65 bits per heavy atom. The lowest BCUT2D eigenvalue weighted by atomic mass is 9.81. The van der Waals surface area contributed by atoms with Gasteiger partial charge in [0.25, 0.3) is 0 Å². The van der Waals surface area contributed by atoms with Crippen LogP contribution in [-0.2, 0) is 11.2 Å². The van der Waals surface area contributed by atoms with E-state index in [2.05, 4.69) is 5.32 Å². The van der Waals surface area contributed by atoms with Gasteiger partial charge in [0.05, 0.1) is 22.2 Å². The number of fused-ring (bicyclic) bond motifs is 1. The molecule has 1 fully saturated rings. The third kappa shape index (κ3) is 3.40. The minimum absolute atomic E-state index is 0.0136. The van der Waals surface area contributed by atoms with Gasteiger partial charge in [-0.1, -0.05) is 19.3 Å². The number of hydrogen-bond acceptors (Lipinski definition) is 4. The number of carbonyl (C=O) groups excluding carboxylic acids is 1. The maximum Gasteiger partial charge on any atom is 0.240 e. The Labute approximate surface area is 157 Å². The third-order valence-corrected chi connectivity index (χ3v) is 6.81. The lowest BCUT2D eigenvalue weighted by molar-refractivity contribution is -0.128. The fourth-order valence-electron chi connectivity index (χ4n) is 3.98. The second-order valence-corrected chi connectivity index (χ2v) is 8.50. The summed E-state index contributed by atoms with van der Waals surface area (Å²) in [6, 6.07) is 6.40. The van der Waals surface area contributed by atoms with Crippen LogP contribution in [0.3, 0.4) is 0 Å². The van der Waals surface area contributed by atoms with Crippen LogP contribution in [0.5, 0.6) is 0 Å². The maximum absolute atomic E-state index is 13.2. The quantitative estimate of drug-likeness (QED) is 0.851. The summed E-state index contributed by atoms with van der Waals surface area (Å²) in [7, 11) is 0. The van der Waals surface area contributed by atoms with Crippen molar-refractivity contribution in [2.24, 2.45) is 5.73 Å². The van der Waals surface area contributed by atoms with E-state index in [1.54, 1.807) is 23.5 Å². The van der Waals surface area contributed by atoms with Gasteiger partial charge in [-0.2, -0.15) is 0 Å². The van der Waals surface area contributed by atoms with Crippen molar-refractivity contribution in [1.29, 1.82) is 0 Å². The van der Waals surface area contributed by atoms with Gasteiger partial charge in [0.2, 0.25) is 5.91 Å². The first-order valence-corrected chi connectivity index (χ1v) is 10.2. The number of halogens is 1. The average Bonchev–Trinajstić information content (AvgIpc) is 3.08. The Hall–Kier alpha value is -1.79. The standard InChI is InChI=1S/C20H24FN3OS/c21-14-9-7-13(8-10-14)18-23-15-5-4-6-16(17(15)26-18)24-19(25)20(22)11-2-1-3-12-20/h7-10,16H,1-6,11-12,22H2,(H,24,25). The van der Waals surface area contributed by atoms with Gasteiger partial charge in [0.15, 0.2) is 0 Å². The number of carbonyl (C=O) groups is 1. The normalized spacial score (nSPS) is 21.8. The van der Waals surface area contributed by atoms with Crippen LogP contribution in [0.4, 0.5) is 4.39 Å². The molecule has 1 aromatic carbocycles. The van der Waals surface area contributed by atoms with Crippen LogP contribution in [0.1, 0.15) is 61.6 Å². The molecule has 0 saturated heterocycles. The van der Waals surface area contributed by atoms with Gasteiger partial charge in [0.1, 0.15) is 10.8 Å². The largest absolute Gasteiger partial charge is 0.347 e. The summed E-state index contributed by atoms with van der Waals surface area (Å²) in [5.74, 6) is -0.271. The minimum atomic E-state index is -0.722. The van der Waals surface area contributed by atoms with E-state index in [1.165, 1.54) is 12.1 Å². The molecule has 138 valence electrons. The number of nitrogens with one attached hydrogen (secondary N) is 1. The monoisotopic (exact) mass is 373 g/mol. The molecule has 0 spiro atoms. The van der Waals surface area contributed by atoms with Crippen LogP contribution in [0.25, 0.3) is 10.6 Å². The lowest BCUT2D eigenvalue weighted by Gasteiger charge is -2.34. The van der Waals surface area contributed by atoms with Gasteiger partial charge in [-0.3, -0.25) is 4.79 Å². The van der Waals surface area contributed by atoms with Crippen LogP contribution in [0.15, 0.2) is 24.3 Å². The Bertz CT molecular complexity index is 796. The number of aromatic nitrogens is 1. The highest BCUT2D eigenvalue weighted by Crippen LogP contribution is 2.38. The Morgan fingerprint density at radius 2 is 1.92 bits per heavy atom. The molecule has 1 unspecified atom stereocenters. The predicted molar refractivity (Wildman–Crippen MR) is 101 cm³/mol. The molecule has 0 radical (unpaired) electrons. The molecule has 4 nitrogen and oxygen atoms in total. The topological polar surface area (TPSA) is 68.0 Å². The van der Waals surface area contributed by atoms with Crippen molar-refractivity contribution in [3.63, 3.8) is 0 Å². The second-order valence-electron chi connectivity index (χ2n) is 7.47. The summed E-state index contributed by atoms with van der Waals surface area (Å²) in [6.07, 6.45) is 7.58. The van der Waals surface area contributed by atoms with E-state index in [9.17, 15) is 9.18 Å². The molecule has 1 aromatic heterocycles. The summed E-state index contributed by atoms with van der Waals surface area (Å²) in [5.41, 5.74) is 7.64. The second kappa shape index (κ2) is 7.08. The van der Waals surface area contributed by atoms with Gasteiger partial charge in [-0.15, -0.1) is 11.3 Å². The van der Waals surface area contributed by atoms with E-state index in [1.807, 2.05) is 0 Å². The molecular weight excluding hydrogens is 349 g/mol. The lowest BCUT2D eigenvalue weighted by Crippen LogP contribution is -2.55. The molecule has 0 aliphatic heterocycles. The van der Waals surface area contributed by atoms with E-state index in [0.29, 0.717) is 0 Å². The summed E-state index contributed by atoms with van der Waals surface area (Å²) < 4.78 is 13.2. The van der Waals surface area contributed by atoms with Gasteiger partial charge in [-0.25, -0.2) is 9.37 Å². The Balaban J connectivity index is 1.55. The summed E-state index contributed by atoms with van der Waals surface area (Å²) >= 11 is 1.60. The van der Waals surface area contributed by atoms with Gasteiger partial charge in [0, 0.05) is 5.56 Å². The highest BCUT2D eigenvalue weighted by molar-refractivity contribution is 7.15. The average molecular weight is 373 g/mol. The fraction of sp³-hybridized carbons (Fsp3) is 0.500. The van der Waals surface area contributed by atoms with Crippen molar-refractivity contribution in [3.8, 4) is 10.6 Å². The van der Waals surface area contributed by atoms with Crippen LogP contribution >= 0.6 is 11.3 Å². The molecule has 6 heteroatoms. The van der Waals surface area contributed by atoms with E-state index < -0.39 is 5.54 Å². The van der Waals surface area contributed by atoms with E-state index in [4.69, 9.17) is 10.7 Å².